The molecule has 130 valence electrons. The van der Waals surface area contributed by atoms with Crippen molar-refractivity contribution in [3.05, 3.63) is 21.7 Å². The number of nitro groups is 1. The minimum atomic E-state index is -2.90. The maximum Gasteiger partial charge on any atom is 0.373 e. The standard InChI is InChI=1S/C13H17N5O4S2/c19-18(20)12-11(14-13-17(12)6-7-23-13)16-4-2-15(3-5-16)10-1-8-24(21,22)9-10/h6-7,10H,1-5,8-9H2. The highest BCUT2D eigenvalue weighted by Crippen LogP contribution is 2.32. The molecule has 0 aromatic carbocycles. The average molecular weight is 371 g/mol. The Morgan fingerprint density at radius 2 is 2.04 bits per heavy atom. The van der Waals surface area contributed by atoms with Crippen LogP contribution in [0.3, 0.4) is 0 Å². The lowest BCUT2D eigenvalue weighted by Gasteiger charge is -2.37. The zero-order chi connectivity index (χ0) is 16.9. The summed E-state index contributed by atoms with van der Waals surface area (Å²) in [6.45, 7) is 2.62. The number of hydrogen-bond acceptors (Lipinski definition) is 8. The molecule has 0 radical (unpaired) electrons. The molecule has 0 aliphatic carbocycles. The third-order valence-corrected chi connectivity index (χ3v) is 7.24. The number of thiazole rings is 1. The molecule has 4 heterocycles. The summed E-state index contributed by atoms with van der Waals surface area (Å²) >= 11 is 1.37. The highest BCUT2D eigenvalue weighted by molar-refractivity contribution is 7.91. The van der Waals surface area contributed by atoms with E-state index < -0.39 is 14.8 Å². The van der Waals surface area contributed by atoms with Crippen molar-refractivity contribution in [2.24, 2.45) is 0 Å². The summed E-state index contributed by atoms with van der Waals surface area (Å²) in [6.07, 6.45) is 2.34. The molecular weight excluding hydrogens is 354 g/mol. The van der Waals surface area contributed by atoms with Crippen molar-refractivity contribution in [1.82, 2.24) is 14.3 Å². The van der Waals surface area contributed by atoms with Gasteiger partial charge in [0.15, 0.2) is 9.84 Å². The second-order valence-electron chi connectivity index (χ2n) is 6.15. The summed E-state index contributed by atoms with van der Waals surface area (Å²) in [5.41, 5.74) is 0. The molecule has 2 saturated heterocycles. The van der Waals surface area contributed by atoms with Crippen molar-refractivity contribution >= 4 is 37.8 Å². The third kappa shape index (κ3) is 2.66. The second-order valence-corrected chi connectivity index (χ2v) is 9.25. The number of anilines is 1. The molecule has 0 N–H and O–H groups in total. The Labute approximate surface area is 142 Å². The van der Waals surface area contributed by atoms with E-state index in [0.29, 0.717) is 43.4 Å². The molecule has 2 fully saturated rings. The molecule has 2 aromatic rings. The number of rotatable bonds is 3. The van der Waals surface area contributed by atoms with E-state index in [0.717, 1.165) is 0 Å². The molecule has 0 amide bonds. The molecule has 0 spiro atoms. The molecule has 24 heavy (non-hydrogen) atoms. The molecule has 2 aromatic heterocycles. The Hall–Kier alpha value is -1.72. The van der Waals surface area contributed by atoms with Crippen LogP contribution in [0.2, 0.25) is 0 Å². The molecule has 1 atom stereocenters. The van der Waals surface area contributed by atoms with E-state index in [4.69, 9.17) is 0 Å². The number of imidazole rings is 1. The highest BCUT2D eigenvalue weighted by Gasteiger charge is 2.35. The number of sulfone groups is 1. The van der Waals surface area contributed by atoms with Crippen LogP contribution < -0.4 is 4.90 Å². The van der Waals surface area contributed by atoms with Crippen LogP contribution in [0.15, 0.2) is 11.6 Å². The number of aromatic nitrogens is 2. The molecule has 0 saturated carbocycles. The molecule has 9 nitrogen and oxygen atoms in total. The fraction of sp³-hybridized carbons (Fsp3) is 0.615. The summed E-state index contributed by atoms with van der Waals surface area (Å²) in [5.74, 6) is 0.905. The lowest BCUT2D eigenvalue weighted by molar-refractivity contribution is -0.389. The van der Waals surface area contributed by atoms with Crippen molar-refractivity contribution in [3.8, 4) is 0 Å². The monoisotopic (exact) mass is 371 g/mol. The van der Waals surface area contributed by atoms with Gasteiger partial charge in [-0.2, -0.15) is 9.38 Å². The van der Waals surface area contributed by atoms with Crippen molar-refractivity contribution < 1.29 is 13.3 Å². The first-order valence-corrected chi connectivity index (χ1v) is 10.4. The van der Waals surface area contributed by atoms with Gasteiger partial charge in [0.05, 0.1) is 11.5 Å². The van der Waals surface area contributed by atoms with Gasteiger partial charge < -0.3 is 15.0 Å². The zero-order valence-corrected chi connectivity index (χ0v) is 14.5. The van der Waals surface area contributed by atoms with Gasteiger partial charge in [-0.1, -0.05) is 11.3 Å². The molecule has 0 bridgehead atoms. The maximum absolute atomic E-state index is 11.6. The van der Waals surface area contributed by atoms with Gasteiger partial charge in [-0.15, -0.1) is 0 Å². The van der Waals surface area contributed by atoms with E-state index in [9.17, 15) is 18.5 Å². The Morgan fingerprint density at radius 1 is 1.29 bits per heavy atom. The number of fused-ring (bicyclic) bond motifs is 1. The molecular formula is C13H17N5O4S2. The fourth-order valence-corrected chi connectivity index (χ4v) is 5.97. The summed E-state index contributed by atoms with van der Waals surface area (Å²) in [5, 5.41) is 13.2. The van der Waals surface area contributed by atoms with E-state index in [-0.39, 0.29) is 23.4 Å². The molecule has 4 rings (SSSR count). The normalized spacial score (nSPS) is 24.7. The first-order valence-electron chi connectivity index (χ1n) is 7.74. The second kappa shape index (κ2) is 5.67. The van der Waals surface area contributed by atoms with Gasteiger partial charge in [-0.3, -0.25) is 4.90 Å². The van der Waals surface area contributed by atoms with E-state index in [1.165, 1.54) is 15.7 Å². The van der Waals surface area contributed by atoms with E-state index in [1.54, 1.807) is 11.6 Å². The average Bonchev–Trinajstić information content (AvgIpc) is 3.20. The van der Waals surface area contributed by atoms with E-state index in [2.05, 4.69) is 9.88 Å². The number of nitrogens with zero attached hydrogens (tertiary/aromatic N) is 5. The predicted molar refractivity (Wildman–Crippen MR) is 90.6 cm³/mol. The fourth-order valence-electron chi connectivity index (χ4n) is 3.51. The minimum absolute atomic E-state index is 0.00291. The van der Waals surface area contributed by atoms with Crippen molar-refractivity contribution in [3.63, 3.8) is 0 Å². The minimum Gasteiger partial charge on any atom is -0.358 e. The summed E-state index contributed by atoms with van der Waals surface area (Å²) in [6, 6.07) is 0.0811. The first kappa shape index (κ1) is 15.8. The molecule has 11 heteroatoms. The van der Waals surface area contributed by atoms with Crippen molar-refractivity contribution in [2.75, 3.05) is 42.6 Å². The van der Waals surface area contributed by atoms with Crippen LogP contribution in [0.25, 0.3) is 4.96 Å². The number of hydrogen-bond donors (Lipinski definition) is 0. The van der Waals surface area contributed by atoms with Gasteiger partial charge >= 0.3 is 5.82 Å². The Kier molecular flexibility index (Phi) is 3.73. The lowest BCUT2D eigenvalue weighted by Crippen LogP contribution is -2.51. The van der Waals surface area contributed by atoms with Gasteiger partial charge in [-0.25, -0.2) is 8.42 Å². The molecule has 2 aliphatic heterocycles. The van der Waals surface area contributed by atoms with E-state index >= 15 is 0 Å². The van der Waals surface area contributed by atoms with Crippen LogP contribution in [0.5, 0.6) is 0 Å². The summed E-state index contributed by atoms with van der Waals surface area (Å²) in [7, 11) is -2.90. The van der Waals surface area contributed by atoms with E-state index in [1.807, 2.05) is 4.90 Å². The quantitative estimate of drug-likeness (QED) is 0.575. The van der Waals surface area contributed by atoms with Crippen LogP contribution in [-0.2, 0) is 9.84 Å². The first-order chi connectivity index (χ1) is 11.4. The smallest absolute Gasteiger partial charge is 0.358 e. The van der Waals surface area contributed by atoms with Crippen molar-refractivity contribution in [2.45, 2.75) is 12.5 Å². The largest absolute Gasteiger partial charge is 0.373 e. The Bertz CT molecular complexity index is 881. The summed E-state index contributed by atoms with van der Waals surface area (Å²) < 4.78 is 24.8. The topological polar surface area (TPSA) is 101 Å². The lowest BCUT2D eigenvalue weighted by atomic mass is 10.2. The molecule has 1 unspecified atom stereocenters. The van der Waals surface area contributed by atoms with Crippen LogP contribution in [0, 0.1) is 10.1 Å². The third-order valence-electron chi connectivity index (χ3n) is 4.73. The Morgan fingerprint density at radius 3 is 2.67 bits per heavy atom. The van der Waals surface area contributed by atoms with Crippen LogP contribution >= 0.6 is 11.3 Å². The van der Waals surface area contributed by atoms with Crippen molar-refractivity contribution in [1.29, 1.82) is 0 Å². The predicted octanol–water partition coefficient (Wildman–Crippen LogP) is 0.613. The van der Waals surface area contributed by atoms with Gasteiger partial charge in [-0.05, 0) is 11.3 Å². The Balaban J connectivity index is 1.51. The summed E-state index contributed by atoms with van der Waals surface area (Å²) in [4.78, 5) is 20.2. The van der Waals surface area contributed by atoms with Gasteiger partial charge in [0.1, 0.15) is 6.20 Å². The van der Waals surface area contributed by atoms with Gasteiger partial charge in [0.2, 0.25) is 5.82 Å². The van der Waals surface area contributed by atoms with Gasteiger partial charge in [0.25, 0.3) is 4.96 Å². The SMILES string of the molecule is O=[N+]([O-])c1c(N2CCN(C3CCS(=O)(=O)C3)CC2)nc2sccn12. The highest BCUT2D eigenvalue weighted by atomic mass is 32.2. The maximum atomic E-state index is 11.6. The molecule has 2 aliphatic rings. The van der Waals surface area contributed by atoms with Crippen LogP contribution in [-0.4, -0.2) is 71.4 Å². The zero-order valence-electron chi connectivity index (χ0n) is 12.9. The number of piperazine rings is 1. The van der Waals surface area contributed by atoms with Crippen LogP contribution in [0.4, 0.5) is 11.6 Å². The van der Waals surface area contributed by atoms with Gasteiger partial charge in [0, 0.05) is 37.6 Å². The van der Waals surface area contributed by atoms with Crippen LogP contribution in [0.1, 0.15) is 6.42 Å².